The quantitative estimate of drug-likeness (QED) is 0.277. The van der Waals surface area contributed by atoms with Gasteiger partial charge in [-0.2, -0.15) is 0 Å². The summed E-state index contributed by atoms with van der Waals surface area (Å²) in [6.45, 7) is 8.39. The molecule has 5 heteroatoms. The second kappa shape index (κ2) is 11.8. The summed E-state index contributed by atoms with van der Waals surface area (Å²) >= 11 is 0. The van der Waals surface area contributed by atoms with E-state index in [1.165, 1.54) is 26.4 Å². The lowest BCUT2D eigenvalue weighted by Crippen LogP contribution is -2.21. The van der Waals surface area contributed by atoms with Gasteiger partial charge in [0.1, 0.15) is 6.10 Å². The summed E-state index contributed by atoms with van der Waals surface area (Å²) in [6, 6.07) is 10.5. The van der Waals surface area contributed by atoms with Crippen LogP contribution in [0.15, 0.2) is 36.4 Å². The van der Waals surface area contributed by atoms with E-state index >= 15 is 0 Å². The molecule has 1 saturated heterocycles. The van der Waals surface area contributed by atoms with Crippen LogP contribution in [-0.2, 0) is 19.0 Å². The molecule has 0 bridgehead atoms. The second-order valence-corrected chi connectivity index (χ2v) is 9.52. The van der Waals surface area contributed by atoms with Gasteiger partial charge in [0, 0.05) is 11.8 Å². The maximum atomic E-state index is 11.5. The van der Waals surface area contributed by atoms with Crippen molar-refractivity contribution >= 4 is 22.9 Å². The van der Waals surface area contributed by atoms with Crippen LogP contribution in [0.4, 0.5) is 0 Å². The van der Waals surface area contributed by atoms with Gasteiger partial charge in [0.25, 0.3) is 0 Å². The average Bonchev–Trinajstić information content (AvgIpc) is 3.10. The molecule has 1 aromatic heterocycles. The van der Waals surface area contributed by atoms with Gasteiger partial charge in [-0.15, -0.1) is 0 Å². The first-order chi connectivity index (χ1) is 15.8. The highest BCUT2D eigenvalue weighted by molar-refractivity contribution is 5.81. The second-order valence-electron chi connectivity index (χ2n) is 9.52. The van der Waals surface area contributed by atoms with E-state index < -0.39 is 5.79 Å². The molecule has 0 aliphatic carbocycles. The van der Waals surface area contributed by atoms with Crippen LogP contribution in [0, 0.1) is 0 Å². The number of para-hydroxylation sites is 1. The third-order valence-electron chi connectivity index (χ3n) is 6.28. The van der Waals surface area contributed by atoms with Gasteiger partial charge in [-0.3, -0.25) is 9.78 Å². The maximum absolute atomic E-state index is 11.5. The van der Waals surface area contributed by atoms with Crippen molar-refractivity contribution in [3.05, 3.63) is 47.7 Å². The fourth-order valence-corrected chi connectivity index (χ4v) is 4.51. The summed E-state index contributed by atoms with van der Waals surface area (Å²) in [5, 5.41) is 1.14. The molecule has 5 nitrogen and oxygen atoms in total. The van der Waals surface area contributed by atoms with Crippen molar-refractivity contribution in [1.29, 1.82) is 0 Å². The third-order valence-corrected chi connectivity index (χ3v) is 6.28. The highest BCUT2D eigenvalue weighted by Crippen LogP contribution is 2.33. The summed E-state index contributed by atoms with van der Waals surface area (Å²) in [6.07, 6.45) is 10.6. The zero-order valence-electron chi connectivity index (χ0n) is 20.8. The van der Waals surface area contributed by atoms with Gasteiger partial charge >= 0.3 is 5.97 Å². The molecule has 180 valence electrons. The van der Waals surface area contributed by atoms with Crippen LogP contribution < -0.4 is 0 Å². The van der Waals surface area contributed by atoms with Gasteiger partial charge in [-0.1, -0.05) is 63.5 Å². The number of ether oxygens (including phenoxy) is 3. The van der Waals surface area contributed by atoms with Crippen LogP contribution in [0.1, 0.15) is 89.8 Å². The molecule has 3 atom stereocenters. The SMILES string of the molecule is CCCCC[C@H](C)c1nc2ccccc2cc1/C=C/[C@H]1OC(C)(C)O[C@H]1CCCC(=O)OC. The van der Waals surface area contributed by atoms with Gasteiger partial charge in [0.05, 0.1) is 24.4 Å². The van der Waals surface area contributed by atoms with Crippen LogP contribution in [0.25, 0.3) is 17.0 Å². The van der Waals surface area contributed by atoms with Crippen molar-refractivity contribution in [3.63, 3.8) is 0 Å². The summed E-state index contributed by atoms with van der Waals surface area (Å²) < 4.78 is 17.1. The van der Waals surface area contributed by atoms with Crippen molar-refractivity contribution in [1.82, 2.24) is 4.98 Å². The van der Waals surface area contributed by atoms with Crippen LogP contribution in [0.3, 0.4) is 0 Å². The van der Waals surface area contributed by atoms with E-state index in [0.717, 1.165) is 35.0 Å². The number of unbranched alkanes of at least 4 members (excludes halogenated alkanes) is 2. The molecule has 2 aromatic rings. The molecular formula is C28H39NO4. The Bertz CT molecular complexity index is 952. The molecule has 0 N–H and O–H groups in total. The monoisotopic (exact) mass is 453 g/mol. The summed E-state index contributed by atoms with van der Waals surface area (Å²) in [5.74, 6) is -0.457. The standard InChI is InChI=1S/C28H39NO4/c1-6-7-8-12-20(2)27-22(19-21-13-9-10-14-23(21)29-27)17-18-25-24(32-28(3,4)33-25)15-11-16-26(30)31-5/h9-10,13-14,17-20,24-25H,6-8,11-12,15-16H2,1-5H3/b18-17+/t20-,24-,25+/m0/s1. The normalized spacial score (nSPS) is 21.0. The number of esters is 1. The molecule has 1 aromatic carbocycles. The molecule has 1 fully saturated rings. The largest absolute Gasteiger partial charge is 0.469 e. The summed E-state index contributed by atoms with van der Waals surface area (Å²) in [4.78, 5) is 16.5. The van der Waals surface area contributed by atoms with Gasteiger partial charge in [0.2, 0.25) is 0 Å². The van der Waals surface area contributed by atoms with Crippen molar-refractivity contribution in [3.8, 4) is 0 Å². The van der Waals surface area contributed by atoms with Crippen LogP contribution in [0.2, 0.25) is 0 Å². The number of methoxy groups -OCH3 is 1. The van der Waals surface area contributed by atoms with Gasteiger partial charge in [-0.05, 0) is 56.7 Å². The number of benzene rings is 1. The molecule has 0 spiro atoms. The number of pyridine rings is 1. The van der Waals surface area contributed by atoms with E-state index in [0.29, 0.717) is 18.8 Å². The molecule has 0 unspecified atom stereocenters. The van der Waals surface area contributed by atoms with Crippen LogP contribution in [0.5, 0.6) is 0 Å². The molecule has 0 amide bonds. The fraction of sp³-hybridized carbons (Fsp3) is 0.571. The Morgan fingerprint density at radius 3 is 2.76 bits per heavy atom. The molecule has 0 radical (unpaired) electrons. The first-order valence-electron chi connectivity index (χ1n) is 12.3. The lowest BCUT2D eigenvalue weighted by molar-refractivity contribution is -0.144. The van der Waals surface area contributed by atoms with Gasteiger partial charge in [-0.25, -0.2) is 0 Å². The van der Waals surface area contributed by atoms with Gasteiger partial charge < -0.3 is 14.2 Å². The predicted molar refractivity (Wildman–Crippen MR) is 133 cm³/mol. The minimum Gasteiger partial charge on any atom is -0.469 e. The third kappa shape index (κ3) is 7.12. The highest BCUT2D eigenvalue weighted by Gasteiger charge is 2.39. The van der Waals surface area contributed by atoms with Crippen LogP contribution in [-0.4, -0.2) is 36.1 Å². The molecule has 1 aliphatic rings. The average molecular weight is 454 g/mol. The summed E-state index contributed by atoms with van der Waals surface area (Å²) in [7, 11) is 1.42. The Labute approximate surface area is 198 Å². The van der Waals surface area contributed by atoms with Crippen molar-refractivity contribution in [2.75, 3.05) is 7.11 Å². The number of carbonyl (C=O) groups excluding carboxylic acids is 1. The first-order valence-corrected chi connectivity index (χ1v) is 12.3. The number of nitrogens with zero attached hydrogens (tertiary/aromatic N) is 1. The van der Waals surface area contributed by atoms with E-state index in [2.05, 4.69) is 50.3 Å². The highest BCUT2D eigenvalue weighted by atomic mass is 16.7. The Hall–Kier alpha value is -2.24. The lowest BCUT2D eigenvalue weighted by Gasteiger charge is -2.16. The fourth-order valence-electron chi connectivity index (χ4n) is 4.51. The summed E-state index contributed by atoms with van der Waals surface area (Å²) in [5.41, 5.74) is 3.31. The number of aromatic nitrogens is 1. The number of rotatable bonds is 11. The minimum atomic E-state index is -0.650. The Morgan fingerprint density at radius 1 is 1.21 bits per heavy atom. The van der Waals surface area contributed by atoms with E-state index in [-0.39, 0.29) is 18.2 Å². The topological polar surface area (TPSA) is 57.7 Å². The Morgan fingerprint density at radius 2 is 2.00 bits per heavy atom. The van der Waals surface area contributed by atoms with E-state index in [1.807, 2.05) is 19.9 Å². The molecule has 33 heavy (non-hydrogen) atoms. The number of hydrogen-bond donors (Lipinski definition) is 0. The number of hydrogen-bond acceptors (Lipinski definition) is 5. The molecule has 3 rings (SSSR count). The molecule has 2 heterocycles. The van der Waals surface area contributed by atoms with Gasteiger partial charge in [0.15, 0.2) is 5.79 Å². The Kier molecular flexibility index (Phi) is 9.04. The van der Waals surface area contributed by atoms with E-state index in [1.54, 1.807) is 0 Å². The molecule has 1 aliphatic heterocycles. The van der Waals surface area contributed by atoms with Crippen LogP contribution >= 0.6 is 0 Å². The van der Waals surface area contributed by atoms with Crippen molar-refractivity contribution in [2.45, 2.75) is 96.6 Å². The number of carbonyl (C=O) groups is 1. The predicted octanol–water partition coefficient (Wildman–Crippen LogP) is 6.80. The maximum Gasteiger partial charge on any atom is 0.305 e. The van der Waals surface area contributed by atoms with Crippen molar-refractivity contribution in [2.24, 2.45) is 0 Å². The Balaban J connectivity index is 1.82. The minimum absolute atomic E-state index is 0.0975. The lowest BCUT2D eigenvalue weighted by atomic mass is 9.94. The molecule has 0 saturated carbocycles. The smallest absolute Gasteiger partial charge is 0.305 e. The zero-order valence-corrected chi connectivity index (χ0v) is 20.8. The number of fused-ring (bicyclic) bond motifs is 1. The zero-order chi connectivity index (χ0) is 23.8. The molecular weight excluding hydrogens is 414 g/mol. The van der Waals surface area contributed by atoms with E-state index in [4.69, 9.17) is 19.2 Å². The first kappa shape index (κ1) is 25.4. The van der Waals surface area contributed by atoms with E-state index in [9.17, 15) is 4.79 Å². The van der Waals surface area contributed by atoms with Crippen molar-refractivity contribution < 1.29 is 19.0 Å².